The van der Waals surface area contributed by atoms with Gasteiger partial charge in [0.2, 0.25) is 5.82 Å². The molecule has 0 saturated heterocycles. The van der Waals surface area contributed by atoms with Crippen molar-refractivity contribution in [2.75, 3.05) is 12.4 Å². The van der Waals surface area contributed by atoms with Gasteiger partial charge in [-0.3, -0.25) is 4.52 Å². The van der Waals surface area contributed by atoms with Crippen molar-refractivity contribution < 1.29 is 9.26 Å². The van der Waals surface area contributed by atoms with Crippen LogP contribution < -0.4 is 15.8 Å². The monoisotopic (exact) mass is 250 g/mol. The number of benzene rings is 1. The predicted octanol–water partition coefficient (Wildman–Crippen LogP) is 1.40. The maximum Gasteiger partial charge on any atom is 0.417 e. The van der Waals surface area contributed by atoms with Gasteiger partial charge in [-0.25, -0.2) is 0 Å². The van der Waals surface area contributed by atoms with Gasteiger partial charge in [0.25, 0.3) is 0 Å². The zero-order valence-electron chi connectivity index (χ0n) is 9.01. The number of methoxy groups -OCH3 is 1. The first-order chi connectivity index (χ1) is 8.19. The maximum atomic E-state index is 5.39. The molecule has 0 aliphatic heterocycles. The molecule has 2 rings (SSSR count). The fraction of sp³-hybridized carbons (Fsp3) is 0.100. The van der Waals surface area contributed by atoms with Crippen LogP contribution in [0.4, 0.5) is 5.69 Å². The summed E-state index contributed by atoms with van der Waals surface area (Å²) in [6.45, 7) is 0. The van der Waals surface area contributed by atoms with Crippen molar-refractivity contribution in [3.05, 3.63) is 24.3 Å². The molecule has 17 heavy (non-hydrogen) atoms. The Hall–Kier alpha value is -2.15. The van der Waals surface area contributed by atoms with Crippen molar-refractivity contribution in [3.63, 3.8) is 0 Å². The van der Waals surface area contributed by atoms with Crippen molar-refractivity contribution in [1.29, 1.82) is 0 Å². The molecule has 0 amide bonds. The van der Waals surface area contributed by atoms with E-state index in [-0.39, 0.29) is 11.2 Å². The molecule has 6 nitrogen and oxygen atoms in total. The summed E-state index contributed by atoms with van der Waals surface area (Å²) in [6.07, 6.45) is 0.118. The van der Waals surface area contributed by atoms with Crippen LogP contribution in [0.1, 0.15) is 0 Å². The molecule has 0 spiro atoms. The summed E-state index contributed by atoms with van der Waals surface area (Å²) < 4.78 is 9.65. The Morgan fingerprint density at radius 1 is 1.53 bits per heavy atom. The molecule has 0 saturated carbocycles. The molecule has 3 N–H and O–H groups in total. The van der Waals surface area contributed by atoms with Crippen LogP contribution in [-0.4, -0.2) is 22.4 Å². The molecule has 0 fully saturated rings. The first kappa shape index (κ1) is 11.3. The molecule has 0 aliphatic rings. The molecule has 1 aromatic carbocycles. The van der Waals surface area contributed by atoms with Gasteiger partial charge in [-0.05, 0) is 24.4 Å². The summed E-state index contributed by atoms with van der Waals surface area (Å²) >= 11 is 4.76. The van der Waals surface area contributed by atoms with Crippen LogP contribution in [0.2, 0.25) is 0 Å². The standard InChI is InChI=1S/C10H10N4O2S/c1-15-10-13-8(14-16-10)6-3-2-4-7(5-6)12-9(11)17/h2-5H,1H3,(H3,11,12,17). The summed E-state index contributed by atoms with van der Waals surface area (Å²) in [6, 6.07) is 7.32. The lowest BCUT2D eigenvalue weighted by molar-refractivity contribution is 0.250. The van der Waals surface area contributed by atoms with Gasteiger partial charge < -0.3 is 15.8 Å². The van der Waals surface area contributed by atoms with Crippen LogP contribution in [-0.2, 0) is 0 Å². The van der Waals surface area contributed by atoms with Gasteiger partial charge in [0.1, 0.15) is 0 Å². The Bertz CT molecular complexity index is 541. The summed E-state index contributed by atoms with van der Waals surface area (Å²) in [7, 11) is 1.46. The highest BCUT2D eigenvalue weighted by molar-refractivity contribution is 7.80. The second-order valence-corrected chi connectivity index (χ2v) is 3.60. The molecule has 0 atom stereocenters. The third-order valence-corrected chi connectivity index (χ3v) is 2.07. The Kier molecular flexibility index (Phi) is 3.20. The molecule has 88 valence electrons. The van der Waals surface area contributed by atoms with Crippen molar-refractivity contribution >= 4 is 23.0 Å². The third-order valence-electron chi connectivity index (χ3n) is 1.97. The summed E-state index contributed by atoms with van der Waals surface area (Å²) in [4.78, 5) is 4.03. The molecular weight excluding hydrogens is 240 g/mol. The van der Waals surface area contributed by atoms with Crippen LogP contribution in [0.5, 0.6) is 6.08 Å². The maximum absolute atomic E-state index is 5.39. The second-order valence-electron chi connectivity index (χ2n) is 3.16. The predicted molar refractivity (Wildman–Crippen MR) is 66.7 cm³/mol. The van der Waals surface area contributed by atoms with Gasteiger partial charge in [-0.15, -0.1) is 0 Å². The van der Waals surface area contributed by atoms with Crippen LogP contribution >= 0.6 is 12.2 Å². The average Bonchev–Trinajstić information content (AvgIpc) is 2.77. The number of nitrogens with zero attached hydrogens (tertiary/aromatic N) is 2. The molecular formula is C10H10N4O2S. The molecule has 7 heteroatoms. The van der Waals surface area contributed by atoms with Crippen molar-refractivity contribution in [2.45, 2.75) is 0 Å². The Morgan fingerprint density at radius 2 is 2.35 bits per heavy atom. The normalized spacial score (nSPS) is 9.94. The number of rotatable bonds is 3. The molecule has 1 aromatic heterocycles. The number of nitrogens with two attached hydrogens (primary N) is 1. The molecule has 1 heterocycles. The first-order valence-electron chi connectivity index (χ1n) is 4.73. The third kappa shape index (κ3) is 2.70. The van der Waals surface area contributed by atoms with Crippen LogP contribution in [0.15, 0.2) is 28.8 Å². The number of anilines is 1. The van der Waals surface area contributed by atoms with Crippen LogP contribution in [0.25, 0.3) is 11.4 Å². The van der Waals surface area contributed by atoms with Gasteiger partial charge in [0, 0.05) is 11.3 Å². The van der Waals surface area contributed by atoms with Crippen LogP contribution in [0.3, 0.4) is 0 Å². The quantitative estimate of drug-likeness (QED) is 0.796. The largest absolute Gasteiger partial charge is 0.452 e. The highest BCUT2D eigenvalue weighted by Gasteiger charge is 2.08. The summed E-state index contributed by atoms with van der Waals surface area (Å²) in [5.74, 6) is 0.438. The molecule has 0 unspecified atom stereocenters. The van der Waals surface area contributed by atoms with E-state index in [1.54, 1.807) is 0 Å². The summed E-state index contributed by atoms with van der Waals surface area (Å²) in [5.41, 5.74) is 6.93. The number of thiocarbonyl (C=S) groups is 1. The van der Waals surface area contributed by atoms with Gasteiger partial charge in [0.15, 0.2) is 5.11 Å². The van der Waals surface area contributed by atoms with Crippen LogP contribution in [0, 0.1) is 0 Å². The zero-order chi connectivity index (χ0) is 12.3. The zero-order valence-corrected chi connectivity index (χ0v) is 9.82. The van der Waals surface area contributed by atoms with Crippen molar-refractivity contribution in [2.24, 2.45) is 5.73 Å². The summed E-state index contributed by atoms with van der Waals surface area (Å²) in [5, 5.41) is 6.80. The Balaban J connectivity index is 2.29. The topological polar surface area (TPSA) is 86.2 Å². The van der Waals surface area contributed by atoms with Gasteiger partial charge in [0.05, 0.1) is 7.11 Å². The van der Waals surface area contributed by atoms with Crippen molar-refractivity contribution in [3.8, 4) is 17.5 Å². The second kappa shape index (κ2) is 4.79. The highest BCUT2D eigenvalue weighted by atomic mass is 32.1. The fourth-order valence-corrected chi connectivity index (χ4v) is 1.41. The van der Waals surface area contributed by atoms with Crippen molar-refractivity contribution in [1.82, 2.24) is 10.1 Å². The lowest BCUT2D eigenvalue weighted by Crippen LogP contribution is -2.18. The van der Waals surface area contributed by atoms with Gasteiger partial charge >= 0.3 is 6.08 Å². The van der Waals surface area contributed by atoms with E-state index in [1.807, 2.05) is 24.3 Å². The number of ether oxygens (including phenoxy) is 1. The minimum absolute atomic E-state index is 0.118. The van der Waals surface area contributed by atoms with Gasteiger partial charge in [-0.2, -0.15) is 4.98 Å². The molecule has 2 aromatic rings. The van der Waals surface area contributed by atoms with E-state index in [4.69, 9.17) is 27.2 Å². The highest BCUT2D eigenvalue weighted by Crippen LogP contribution is 2.21. The lowest BCUT2D eigenvalue weighted by Gasteiger charge is -2.03. The minimum Gasteiger partial charge on any atom is -0.452 e. The fourth-order valence-electron chi connectivity index (χ4n) is 1.29. The molecule has 0 bridgehead atoms. The smallest absolute Gasteiger partial charge is 0.417 e. The first-order valence-corrected chi connectivity index (χ1v) is 5.14. The van der Waals surface area contributed by atoms with E-state index in [9.17, 15) is 0 Å². The Labute approximate surface area is 103 Å². The van der Waals surface area contributed by atoms with E-state index < -0.39 is 0 Å². The number of aromatic nitrogens is 2. The molecule has 0 radical (unpaired) electrons. The average molecular weight is 250 g/mol. The van der Waals surface area contributed by atoms with E-state index in [2.05, 4.69) is 15.5 Å². The SMILES string of the molecule is COc1nc(-c2cccc(NC(N)=S)c2)no1. The lowest BCUT2D eigenvalue weighted by atomic mass is 10.2. The number of hydrogen-bond acceptors (Lipinski definition) is 5. The molecule has 0 aliphatic carbocycles. The minimum atomic E-state index is 0.118. The van der Waals surface area contributed by atoms with Gasteiger partial charge in [-0.1, -0.05) is 17.3 Å². The van der Waals surface area contributed by atoms with E-state index in [1.165, 1.54) is 7.11 Å². The van der Waals surface area contributed by atoms with E-state index in [0.29, 0.717) is 5.82 Å². The van der Waals surface area contributed by atoms with E-state index >= 15 is 0 Å². The van der Waals surface area contributed by atoms with E-state index in [0.717, 1.165) is 11.3 Å². The number of hydrogen-bond donors (Lipinski definition) is 2. The Morgan fingerprint density at radius 3 is 3.00 bits per heavy atom. The number of nitrogens with one attached hydrogen (secondary N) is 1.